The Morgan fingerprint density at radius 1 is 1.32 bits per heavy atom. The van der Waals surface area contributed by atoms with Crippen molar-refractivity contribution < 1.29 is 19.7 Å². The first kappa shape index (κ1) is 14.4. The highest BCUT2D eigenvalue weighted by Gasteiger charge is 2.32. The van der Waals surface area contributed by atoms with Crippen LogP contribution in [0.15, 0.2) is 18.2 Å². The SMILES string of the molecule is O=C(COc1ccc(Cl)cc1Cl)N1C[C@@H](O)[C@@H](O)C1. The molecule has 1 aromatic carbocycles. The second kappa shape index (κ2) is 5.96. The zero-order valence-electron chi connectivity index (χ0n) is 9.92. The molecular weight excluding hydrogens is 293 g/mol. The van der Waals surface area contributed by atoms with E-state index in [4.69, 9.17) is 27.9 Å². The maximum atomic E-state index is 11.8. The minimum absolute atomic E-state index is 0.109. The monoisotopic (exact) mass is 305 g/mol. The van der Waals surface area contributed by atoms with E-state index in [0.29, 0.717) is 15.8 Å². The highest BCUT2D eigenvalue weighted by molar-refractivity contribution is 6.35. The van der Waals surface area contributed by atoms with Gasteiger partial charge >= 0.3 is 0 Å². The molecule has 2 rings (SSSR count). The zero-order chi connectivity index (χ0) is 14.0. The molecule has 1 aliphatic heterocycles. The lowest BCUT2D eigenvalue weighted by Gasteiger charge is -2.16. The number of aliphatic hydroxyl groups is 2. The van der Waals surface area contributed by atoms with Crippen molar-refractivity contribution in [1.82, 2.24) is 4.90 Å². The van der Waals surface area contributed by atoms with Gasteiger partial charge in [0.25, 0.3) is 5.91 Å². The summed E-state index contributed by atoms with van der Waals surface area (Å²) in [5, 5.41) is 19.5. The van der Waals surface area contributed by atoms with Crippen LogP contribution in [0.4, 0.5) is 0 Å². The molecular formula is C12H13Cl2NO4. The van der Waals surface area contributed by atoms with Crippen LogP contribution < -0.4 is 4.74 Å². The predicted molar refractivity (Wildman–Crippen MR) is 70.6 cm³/mol. The van der Waals surface area contributed by atoms with E-state index in [0.717, 1.165) is 0 Å². The summed E-state index contributed by atoms with van der Waals surface area (Å²) in [5.74, 6) is 0.0429. The van der Waals surface area contributed by atoms with E-state index in [1.165, 1.54) is 11.0 Å². The molecule has 7 heteroatoms. The van der Waals surface area contributed by atoms with E-state index < -0.39 is 12.2 Å². The molecule has 0 aliphatic carbocycles. The highest BCUT2D eigenvalue weighted by Crippen LogP contribution is 2.27. The summed E-state index contributed by atoms with van der Waals surface area (Å²) >= 11 is 11.6. The van der Waals surface area contributed by atoms with E-state index in [9.17, 15) is 15.0 Å². The lowest BCUT2D eigenvalue weighted by molar-refractivity contribution is -0.132. The number of hydrogen-bond donors (Lipinski definition) is 2. The fourth-order valence-electron chi connectivity index (χ4n) is 1.80. The summed E-state index contributed by atoms with van der Waals surface area (Å²) in [5.41, 5.74) is 0. The van der Waals surface area contributed by atoms with Crippen molar-refractivity contribution in [1.29, 1.82) is 0 Å². The molecule has 1 aliphatic rings. The molecule has 1 heterocycles. The van der Waals surface area contributed by atoms with Crippen LogP contribution in [-0.4, -0.2) is 52.9 Å². The van der Waals surface area contributed by atoms with Gasteiger partial charge in [-0.1, -0.05) is 23.2 Å². The molecule has 0 radical (unpaired) electrons. The van der Waals surface area contributed by atoms with Gasteiger partial charge in [0.2, 0.25) is 0 Å². The van der Waals surface area contributed by atoms with Gasteiger partial charge in [0.05, 0.1) is 17.2 Å². The maximum Gasteiger partial charge on any atom is 0.260 e. The molecule has 1 fully saturated rings. The first-order chi connectivity index (χ1) is 8.97. The average Bonchev–Trinajstić information content (AvgIpc) is 2.68. The van der Waals surface area contributed by atoms with Crippen molar-refractivity contribution in [2.45, 2.75) is 12.2 Å². The molecule has 1 saturated heterocycles. The number of β-amino-alcohol motifs (C(OH)–C–C–N with tert-alkyl or cyclic N) is 2. The van der Waals surface area contributed by atoms with Gasteiger partial charge in [-0.3, -0.25) is 4.79 Å². The average molecular weight is 306 g/mol. The third-order valence-corrected chi connectivity index (χ3v) is 3.39. The van der Waals surface area contributed by atoms with Gasteiger partial charge in [-0.05, 0) is 18.2 Å². The van der Waals surface area contributed by atoms with Crippen LogP contribution in [0.2, 0.25) is 10.0 Å². The molecule has 0 spiro atoms. The number of aliphatic hydroxyl groups excluding tert-OH is 2. The Labute approximate surface area is 120 Å². The quantitative estimate of drug-likeness (QED) is 0.872. The van der Waals surface area contributed by atoms with Crippen LogP contribution in [0, 0.1) is 0 Å². The smallest absolute Gasteiger partial charge is 0.260 e. The number of amides is 1. The fourth-order valence-corrected chi connectivity index (χ4v) is 2.26. The highest BCUT2D eigenvalue weighted by atomic mass is 35.5. The number of rotatable bonds is 3. The van der Waals surface area contributed by atoms with Gasteiger partial charge < -0.3 is 19.8 Å². The van der Waals surface area contributed by atoms with Crippen molar-refractivity contribution >= 4 is 29.1 Å². The van der Waals surface area contributed by atoms with Gasteiger partial charge in [0.1, 0.15) is 5.75 Å². The number of benzene rings is 1. The number of carbonyl (C=O) groups excluding carboxylic acids is 1. The second-order valence-electron chi connectivity index (χ2n) is 4.30. The van der Waals surface area contributed by atoms with Crippen molar-refractivity contribution in [2.75, 3.05) is 19.7 Å². The number of likely N-dealkylation sites (tertiary alicyclic amines) is 1. The Kier molecular flexibility index (Phi) is 4.52. The largest absolute Gasteiger partial charge is 0.482 e. The first-order valence-corrected chi connectivity index (χ1v) is 6.44. The van der Waals surface area contributed by atoms with Crippen LogP contribution >= 0.6 is 23.2 Å². The van der Waals surface area contributed by atoms with Crippen molar-refractivity contribution in [3.63, 3.8) is 0 Å². The molecule has 2 atom stereocenters. The standard InChI is InChI=1S/C12H13Cl2NO4/c13-7-1-2-11(8(14)3-7)19-6-12(18)15-4-9(16)10(17)5-15/h1-3,9-10,16-17H,4-6H2/t9-,10+. The summed E-state index contributed by atoms with van der Waals surface area (Å²) in [6.45, 7) is 0.0101. The van der Waals surface area contributed by atoms with E-state index >= 15 is 0 Å². The Bertz CT molecular complexity index is 473. The van der Waals surface area contributed by atoms with Crippen molar-refractivity contribution in [3.8, 4) is 5.75 Å². The molecule has 19 heavy (non-hydrogen) atoms. The zero-order valence-corrected chi connectivity index (χ0v) is 11.4. The van der Waals surface area contributed by atoms with E-state index in [1.54, 1.807) is 12.1 Å². The number of hydrogen-bond acceptors (Lipinski definition) is 4. The molecule has 0 bridgehead atoms. The Balaban J connectivity index is 1.90. The van der Waals surface area contributed by atoms with Gasteiger partial charge in [-0.15, -0.1) is 0 Å². The molecule has 5 nitrogen and oxygen atoms in total. The van der Waals surface area contributed by atoms with Gasteiger partial charge in [0, 0.05) is 18.1 Å². The van der Waals surface area contributed by atoms with Crippen molar-refractivity contribution in [3.05, 3.63) is 28.2 Å². The topological polar surface area (TPSA) is 70.0 Å². The number of nitrogens with zero attached hydrogens (tertiary/aromatic N) is 1. The lowest BCUT2D eigenvalue weighted by atomic mass is 10.3. The number of halogens is 2. The van der Waals surface area contributed by atoms with E-state index in [1.807, 2.05) is 0 Å². The molecule has 1 amide bonds. The minimum atomic E-state index is -0.900. The summed E-state index contributed by atoms with van der Waals surface area (Å²) in [7, 11) is 0. The molecule has 0 aromatic heterocycles. The fraction of sp³-hybridized carbons (Fsp3) is 0.417. The summed E-state index contributed by atoms with van der Waals surface area (Å²) in [6, 6.07) is 4.70. The van der Waals surface area contributed by atoms with Crippen LogP contribution in [-0.2, 0) is 4.79 Å². The van der Waals surface area contributed by atoms with Crippen LogP contribution in [0.1, 0.15) is 0 Å². The molecule has 1 aromatic rings. The van der Waals surface area contributed by atoms with Crippen LogP contribution in [0.5, 0.6) is 5.75 Å². The first-order valence-electron chi connectivity index (χ1n) is 5.69. The van der Waals surface area contributed by atoms with E-state index in [-0.39, 0.29) is 25.6 Å². The third-order valence-electron chi connectivity index (χ3n) is 2.86. The van der Waals surface area contributed by atoms with Gasteiger partial charge in [-0.25, -0.2) is 0 Å². The Morgan fingerprint density at radius 2 is 1.95 bits per heavy atom. The normalized spacial score (nSPS) is 22.6. The third kappa shape index (κ3) is 3.51. The summed E-state index contributed by atoms with van der Waals surface area (Å²) in [4.78, 5) is 13.1. The molecule has 104 valence electrons. The molecule has 2 N–H and O–H groups in total. The Hall–Kier alpha value is -1.01. The van der Waals surface area contributed by atoms with Crippen molar-refractivity contribution in [2.24, 2.45) is 0 Å². The summed E-state index contributed by atoms with van der Waals surface area (Å²) in [6.07, 6.45) is -1.80. The number of ether oxygens (including phenoxy) is 1. The Morgan fingerprint density at radius 3 is 2.53 bits per heavy atom. The lowest BCUT2D eigenvalue weighted by Crippen LogP contribution is -2.34. The second-order valence-corrected chi connectivity index (χ2v) is 5.14. The van der Waals surface area contributed by atoms with Gasteiger partial charge in [0.15, 0.2) is 6.61 Å². The minimum Gasteiger partial charge on any atom is -0.482 e. The van der Waals surface area contributed by atoms with E-state index in [2.05, 4.69) is 0 Å². The van der Waals surface area contributed by atoms with Crippen LogP contribution in [0.25, 0.3) is 0 Å². The van der Waals surface area contributed by atoms with Crippen LogP contribution in [0.3, 0.4) is 0 Å². The van der Waals surface area contributed by atoms with Gasteiger partial charge in [-0.2, -0.15) is 0 Å². The predicted octanol–water partition coefficient (Wildman–Crippen LogP) is 0.936. The maximum absolute atomic E-state index is 11.8. The molecule has 0 unspecified atom stereocenters. The number of carbonyl (C=O) groups is 1. The molecule has 0 saturated carbocycles. The summed E-state index contributed by atoms with van der Waals surface area (Å²) < 4.78 is 5.29.